The number of esters is 1. The molecule has 5 atom stereocenters. The zero-order valence-corrected chi connectivity index (χ0v) is 11.5. The van der Waals surface area contributed by atoms with Crippen molar-refractivity contribution in [2.24, 2.45) is 29.6 Å². The van der Waals surface area contributed by atoms with Gasteiger partial charge in [0.1, 0.15) is 0 Å². The molecule has 1 aliphatic heterocycles. The number of nitrogens with zero attached hydrogens (tertiary/aromatic N) is 1. The SMILES string of the molecule is COC(=O)C1CN(C(=O)C2CC3C=CC2C3)CC1C. The van der Waals surface area contributed by atoms with Crippen LogP contribution >= 0.6 is 0 Å². The van der Waals surface area contributed by atoms with Gasteiger partial charge < -0.3 is 9.64 Å². The molecule has 1 saturated carbocycles. The number of hydrogen-bond donors (Lipinski definition) is 0. The number of carbonyl (C=O) groups is 2. The number of hydrogen-bond acceptors (Lipinski definition) is 3. The van der Waals surface area contributed by atoms with Crippen LogP contribution in [-0.4, -0.2) is 37.0 Å². The molecule has 2 fully saturated rings. The predicted molar refractivity (Wildman–Crippen MR) is 70.1 cm³/mol. The molecule has 1 amide bonds. The van der Waals surface area contributed by atoms with Crippen molar-refractivity contribution in [3.63, 3.8) is 0 Å². The Morgan fingerprint density at radius 3 is 2.53 bits per heavy atom. The predicted octanol–water partition coefficient (Wildman–Crippen LogP) is 1.47. The van der Waals surface area contributed by atoms with Crippen LogP contribution in [0.15, 0.2) is 12.2 Å². The summed E-state index contributed by atoms with van der Waals surface area (Å²) in [5.41, 5.74) is 0. The van der Waals surface area contributed by atoms with Crippen LogP contribution in [0.2, 0.25) is 0 Å². The van der Waals surface area contributed by atoms with Crippen molar-refractivity contribution in [3.05, 3.63) is 12.2 Å². The topological polar surface area (TPSA) is 46.6 Å². The van der Waals surface area contributed by atoms with Gasteiger partial charge in [-0.05, 0) is 30.6 Å². The molecule has 0 spiro atoms. The third kappa shape index (κ3) is 2.07. The highest BCUT2D eigenvalue weighted by Crippen LogP contribution is 2.44. The maximum Gasteiger partial charge on any atom is 0.310 e. The van der Waals surface area contributed by atoms with Crippen molar-refractivity contribution in [2.75, 3.05) is 20.2 Å². The van der Waals surface area contributed by atoms with Crippen molar-refractivity contribution in [1.82, 2.24) is 4.90 Å². The van der Waals surface area contributed by atoms with Crippen molar-refractivity contribution in [2.45, 2.75) is 19.8 Å². The summed E-state index contributed by atoms with van der Waals surface area (Å²) in [5, 5.41) is 0. The lowest BCUT2D eigenvalue weighted by Crippen LogP contribution is -2.36. The van der Waals surface area contributed by atoms with Crippen molar-refractivity contribution >= 4 is 11.9 Å². The first-order valence-corrected chi connectivity index (χ1v) is 7.15. The number of methoxy groups -OCH3 is 1. The van der Waals surface area contributed by atoms with Crippen LogP contribution in [0.1, 0.15) is 19.8 Å². The van der Waals surface area contributed by atoms with Crippen LogP contribution in [0, 0.1) is 29.6 Å². The molecule has 2 bridgehead atoms. The van der Waals surface area contributed by atoms with E-state index in [0.29, 0.717) is 24.9 Å². The van der Waals surface area contributed by atoms with Crippen LogP contribution in [-0.2, 0) is 14.3 Å². The molecule has 3 rings (SSSR count). The zero-order chi connectivity index (χ0) is 13.6. The van der Waals surface area contributed by atoms with Gasteiger partial charge in [-0.25, -0.2) is 0 Å². The van der Waals surface area contributed by atoms with Gasteiger partial charge >= 0.3 is 5.97 Å². The molecule has 0 N–H and O–H groups in total. The molecule has 4 nitrogen and oxygen atoms in total. The molecule has 0 aromatic heterocycles. The number of carbonyl (C=O) groups excluding carboxylic acids is 2. The molecule has 19 heavy (non-hydrogen) atoms. The van der Waals surface area contributed by atoms with Gasteiger partial charge in [-0.1, -0.05) is 19.1 Å². The first kappa shape index (κ1) is 12.7. The van der Waals surface area contributed by atoms with E-state index in [0.717, 1.165) is 12.8 Å². The second kappa shape index (κ2) is 4.66. The average molecular weight is 263 g/mol. The average Bonchev–Trinajstić information content (AvgIpc) is 3.11. The first-order chi connectivity index (χ1) is 9.10. The Hall–Kier alpha value is -1.32. The minimum Gasteiger partial charge on any atom is -0.469 e. The highest BCUT2D eigenvalue weighted by molar-refractivity contribution is 5.82. The smallest absolute Gasteiger partial charge is 0.310 e. The number of rotatable bonds is 2. The fourth-order valence-electron chi connectivity index (χ4n) is 3.90. The van der Waals surface area contributed by atoms with E-state index in [1.54, 1.807) is 0 Å². The molecular formula is C15H21NO3. The molecule has 1 saturated heterocycles. The van der Waals surface area contributed by atoms with Gasteiger partial charge in [0.25, 0.3) is 0 Å². The van der Waals surface area contributed by atoms with Crippen molar-refractivity contribution in [3.8, 4) is 0 Å². The maximum atomic E-state index is 12.6. The summed E-state index contributed by atoms with van der Waals surface area (Å²) >= 11 is 0. The Morgan fingerprint density at radius 2 is 1.95 bits per heavy atom. The van der Waals surface area contributed by atoms with Crippen molar-refractivity contribution < 1.29 is 14.3 Å². The molecule has 0 radical (unpaired) electrons. The van der Waals surface area contributed by atoms with Crippen LogP contribution < -0.4 is 0 Å². The highest BCUT2D eigenvalue weighted by Gasteiger charge is 2.45. The molecule has 4 heteroatoms. The Morgan fingerprint density at radius 1 is 1.16 bits per heavy atom. The van der Waals surface area contributed by atoms with Gasteiger partial charge in [-0.2, -0.15) is 0 Å². The van der Waals surface area contributed by atoms with Gasteiger partial charge in [0.15, 0.2) is 0 Å². The van der Waals surface area contributed by atoms with Crippen LogP contribution in [0.25, 0.3) is 0 Å². The zero-order valence-electron chi connectivity index (χ0n) is 11.5. The van der Waals surface area contributed by atoms with E-state index in [1.165, 1.54) is 7.11 Å². The van der Waals surface area contributed by atoms with E-state index in [-0.39, 0.29) is 29.6 Å². The fourth-order valence-corrected chi connectivity index (χ4v) is 3.90. The summed E-state index contributed by atoms with van der Waals surface area (Å²) in [6, 6.07) is 0. The highest BCUT2D eigenvalue weighted by atomic mass is 16.5. The quantitative estimate of drug-likeness (QED) is 0.560. The fraction of sp³-hybridized carbons (Fsp3) is 0.733. The third-order valence-electron chi connectivity index (χ3n) is 5.02. The minimum atomic E-state index is -0.185. The van der Waals surface area contributed by atoms with Gasteiger partial charge in [-0.3, -0.25) is 9.59 Å². The largest absolute Gasteiger partial charge is 0.469 e. The summed E-state index contributed by atoms with van der Waals surface area (Å²) in [5.74, 6) is 1.30. The van der Waals surface area contributed by atoms with Gasteiger partial charge in [0.05, 0.1) is 13.0 Å². The standard InChI is InChI=1S/C15H21NO3/c1-9-7-16(8-13(9)15(18)19-2)14(17)12-6-10-3-4-11(12)5-10/h3-4,9-13H,5-8H2,1-2H3. The maximum absolute atomic E-state index is 12.6. The second-order valence-electron chi connectivity index (χ2n) is 6.24. The number of amides is 1. The second-order valence-corrected chi connectivity index (χ2v) is 6.24. The van der Waals surface area contributed by atoms with E-state index in [9.17, 15) is 9.59 Å². The summed E-state index contributed by atoms with van der Waals surface area (Å²) in [6.45, 7) is 3.25. The Labute approximate surface area is 113 Å². The Kier molecular flexibility index (Phi) is 3.11. The number of likely N-dealkylation sites (tertiary alicyclic amines) is 1. The Balaban J connectivity index is 1.66. The Bertz CT molecular complexity index is 431. The van der Waals surface area contributed by atoms with Crippen molar-refractivity contribution in [1.29, 1.82) is 0 Å². The van der Waals surface area contributed by atoms with E-state index in [1.807, 2.05) is 11.8 Å². The summed E-state index contributed by atoms with van der Waals surface area (Å²) in [7, 11) is 1.42. The lowest BCUT2D eigenvalue weighted by atomic mass is 9.92. The van der Waals surface area contributed by atoms with Crippen LogP contribution in [0.4, 0.5) is 0 Å². The van der Waals surface area contributed by atoms with Crippen LogP contribution in [0.5, 0.6) is 0 Å². The summed E-state index contributed by atoms with van der Waals surface area (Å²) in [4.78, 5) is 26.1. The molecule has 5 unspecified atom stereocenters. The molecular weight excluding hydrogens is 242 g/mol. The summed E-state index contributed by atoms with van der Waals surface area (Å²) < 4.78 is 4.82. The molecule has 0 aromatic carbocycles. The van der Waals surface area contributed by atoms with E-state index < -0.39 is 0 Å². The molecule has 1 heterocycles. The lowest BCUT2D eigenvalue weighted by Gasteiger charge is -2.24. The van der Waals surface area contributed by atoms with Crippen LogP contribution in [0.3, 0.4) is 0 Å². The van der Waals surface area contributed by atoms with Gasteiger partial charge in [-0.15, -0.1) is 0 Å². The normalized spacial score (nSPS) is 39.9. The lowest BCUT2D eigenvalue weighted by molar-refractivity contribution is -0.146. The van der Waals surface area contributed by atoms with E-state index in [4.69, 9.17) is 4.74 Å². The minimum absolute atomic E-state index is 0.150. The number of allylic oxidation sites excluding steroid dienone is 2. The molecule has 3 aliphatic rings. The first-order valence-electron chi connectivity index (χ1n) is 7.15. The molecule has 0 aromatic rings. The molecule has 104 valence electrons. The van der Waals surface area contributed by atoms with E-state index >= 15 is 0 Å². The third-order valence-corrected chi connectivity index (χ3v) is 5.02. The number of fused-ring (bicyclic) bond motifs is 2. The van der Waals surface area contributed by atoms with Gasteiger partial charge in [0.2, 0.25) is 5.91 Å². The molecule has 2 aliphatic carbocycles. The summed E-state index contributed by atoms with van der Waals surface area (Å²) in [6.07, 6.45) is 6.58. The number of ether oxygens (including phenoxy) is 1. The van der Waals surface area contributed by atoms with E-state index in [2.05, 4.69) is 12.2 Å². The van der Waals surface area contributed by atoms with Gasteiger partial charge in [0, 0.05) is 19.0 Å². The monoisotopic (exact) mass is 263 g/mol.